The molecule has 1 fully saturated rings. The molecule has 0 aliphatic carbocycles. The first-order valence-corrected chi connectivity index (χ1v) is 7.89. The van der Waals surface area contributed by atoms with Crippen molar-refractivity contribution in [3.05, 3.63) is 29.8 Å². The van der Waals surface area contributed by atoms with Crippen LogP contribution < -0.4 is 10.1 Å². The van der Waals surface area contributed by atoms with Crippen molar-refractivity contribution in [1.82, 2.24) is 10.2 Å². The highest BCUT2D eigenvalue weighted by Gasteiger charge is 2.15. The lowest BCUT2D eigenvalue weighted by molar-refractivity contribution is 0.211. The Hall–Kier alpha value is -1.06. The number of benzene rings is 1. The van der Waals surface area contributed by atoms with Gasteiger partial charge in [0.15, 0.2) is 0 Å². The molecule has 112 valence electrons. The quantitative estimate of drug-likeness (QED) is 0.775. The lowest BCUT2D eigenvalue weighted by Gasteiger charge is -2.28. The van der Waals surface area contributed by atoms with Gasteiger partial charge in [0.1, 0.15) is 5.75 Å². The van der Waals surface area contributed by atoms with E-state index in [1.807, 2.05) is 13.0 Å². The minimum Gasteiger partial charge on any atom is -0.494 e. The van der Waals surface area contributed by atoms with Crippen LogP contribution in [0.25, 0.3) is 0 Å². The summed E-state index contributed by atoms with van der Waals surface area (Å²) in [5.74, 6) is 1.88. The van der Waals surface area contributed by atoms with Crippen LogP contribution in [0.4, 0.5) is 0 Å². The molecule has 0 aromatic heterocycles. The van der Waals surface area contributed by atoms with Crippen LogP contribution in [0.2, 0.25) is 0 Å². The van der Waals surface area contributed by atoms with Crippen molar-refractivity contribution in [3.63, 3.8) is 0 Å². The minimum atomic E-state index is 0.729. The summed E-state index contributed by atoms with van der Waals surface area (Å²) in [4.78, 5) is 2.43. The molecule has 0 atom stereocenters. The summed E-state index contributed by atoms with van der Waals surface area (Å²) in [5.41, 5.74) is 1.30. The second kappa shape index (κ2) is 8.28. The number of nitrogens with zero attached hydrogens (tertiary/aromatic N) is 1. The van der Waals surface area contributed by atoms with E-state index < -0.39 is 0 Å². The van der Waals surface area contributed by atoms with Crippen LogP contribution in [0.15, 0.2) is 24.3 Å². The molecule has 1 aliphatic heterocycles. The van der Waals surface area contributed by atoms with Gasteiger partial charge in [-0.15, -0.1) is 0 Å². The molecule has 0 saturated carbocycles. The predicted octanol–water partition coefficient (Wildman–Crippen LogP) is 2.91. The molecule has 3 heteroatoms. The fraction of sp³-hybridized carbons (Fsp3) is 0.647. The largest absolute Gasteiger partial charge is 0.494 e. The van der Waals surface area contributed by atoms with E-state index in [9.17, 15) is 0 Å². The number of nitrogens with one attached hydrogen (secondary N) is 1. The average Bonchev–Trinajstić information content (AvgIpc) is 2.46. The Balaban J connectivity index is 1.64. The normalized spacial score (nSPS) is 17.3. The Morgan fingerprint density at radius 3 is 2.85 bits per heavy atom. The van der Waals surface area contributed by atoms with Gasteiger partial charge in [-0.3, -0.25) is 0 Å². The maximum Gasteiger partial charge on any atom is 0.119 e. The molecule has 0 amide bonds. The Kier molecular flexibility index (Phi) is 6.34. The van der Waals surface area contributed by atoms with Crippen LogP contribution in [0.5, 0.6) is 5.75 Å². The third kappa shape index (κ3) is 5.14. The van der Waals surface area contributed by atoms with E-state index in [2.05, 4.69) is 35.5 Å². The molecule has 0 unspecified atom stereocenters. The van der Waals surface area contributed by atoms with Crippen molar-refractivity contribution in [3.8, 4) is 5.75 Å². The van der Waals surface area contributed by atoms with Gasteiger partial charge in [0.05, 0.1) is 6.61 Å². The van der Waals surface area contributed by atoms with Crippen molar-refractivity contribution >= 4 is 0 Å². The molecular formula is C17H28N2O. The summed E-state index contributed by atoms with van der Waals surface area (Å²) in [6, 6.07) is 8.38. The van der Waals surface area contributed by atoms with Crippen LogP contribution in [-0.2, 0) is 6.54 Å². The molecule has 0 spiro atoms. The van der Waals surface area contributed by atoms with Gasteiger partial charge < -0.3 is 15.0 Å². The Morgan fingerprint density at radius 1 is 1.30 bits per heavy atom. The highest BCUT2D eigenvalue weighted by atomic mass is 16.5. The van der Waals surface area contributed by atoms with Crippen molar-refractivity contribution in [2.75, 3.05) is 33.3 Å². The van der Waals surface area contributed by atoms with E-state index in [4.69, 9.17) is 4.74 Å². The Bertz CT molecular complexity index is 386. The van der Waals surface area contributed by atoms with E-state index in [-0.39, 0.29) is 0 Å². The molecule has 2 rings (SSSR count). The zero-order chi connectivity index (χ0) is 14.2. The third-order valence-corrected chi connectivity index (χ3v) is 4.11. The summed E-state index contributed by atoms with van der Waals surface area (Å²) in [6.45, 7) is 7.34. The smallest absolute Gasteiger partial charge is 0.119 e. The zero-order valence-electron chi connectivity index (χ0n) is 12.9. The molecule has 0 radical (unpaired) electrons. The summed E-state index contributed by atoms with van der Waals surface area (Å²) < 4.78 is 5.53. The van der Waals surface area contributed by atoms with Gasteiger partial charge in [0, 0.05) is 6.54 Å². The molecule has 1 N–H and O–H groups in total. The molecule has 3 nitrogen and oxygen atoms in total. The second-order valence-electron chi connectivity index (χ2n) is 5.79. The SMILES string of the molecule is CCOc1cccc(CNCCC2CCN(C)CC2)c1. The van der Waals surface area contributed by atoms with Gasteiger partial charge in [-0.05, 0) is 76.5 Å². The summed E-state index contributed by atoms with van der Waals surface area (Å²) in [7, 11) is 2.22. The van der Waals surface area contributed by atoms with Gasteiger partial charge in [-0.25, -0.2) is 0 Å². The fourth-order valence-corrected chi connectivity index (χ4v) is 2.80. The van der Waals surface area contributed by atoms with Crippen LogP contribution in [0, 0.1) is 5.92 Å². The maximum atomic E-state index is 5.53. The average molecular weight is 276 g/mol. The fourth-order valence-electron chi connectivity index (χ4n) is 2.80. The standard InChI is InChI=1S/C17H28N2O/c1-3-20-17-6-4-5-16(13-17)14-18-10-7-15-8-11-19(2)12-9-15/h4-6,13,15,18H,3,7-12,14H2,1-2H3. The van der Waals surface area contributed by atoms with Crippen LogP contribution in [-0.4, -0.2) is 38.2 Å². The van der Waals surface area contributed by atoms with Gasteiger partial charge in [0.25, 0.3) is 0 Å². The van der Waals surface area contributed by atoms with Crippen LogP contribution >= 0.6 is 0 Å². The van der Waals surface area contributed by atoms with E-state index in [0.717, 1.165) is 31.4 Å². The van der Waals surface area contributed by atoms with E-state index in [0.29, 0.717) is 0 Å². The molecule has 1 aromatic rings. The van der Waals surface area contributed by atoms with Gasteiger partial charge in [0.2, 0.25) is 0 Å². The molecule has 1 aliphatic rings. The maximum absolute atomic E-state index is 5.53. The van der Waals surface area contributed by atoms with Gasteiger partial charge in [-0.1, -0.05) is 12.1 Å². The first-order chi connectivity index (χ1) is 9.78. The number of rotatable bonds is 7. The number of piperidine rings is 1. The molecule has 20 heavy (non-hydrogen) atoms. The highest BCUT2D eigenvalue weighted by Crippen LogP contribution is 2.19. The monoisotopic (exact) mass is 276 g/mol. The van der Waals surface area contributed by atoms with E-state index in [1.54, 1.807) is 0 Å². The number of likely N-dealkylation sites (tertiary alicyclic amines) is 1. The molecule has 1 aromatic carbocycles. The first kappa shape index (κ1) is 15.3. The van der Waals surface area contributed by atoms with Gasteiger partial charge >= 0.3 is 0 Å². The van der Waals surface area contributed by atoms with Crippen molar-refractivity contribution in [2.24, 2.45) is 5.92 Å². The summed E-state index contributed by atoms with van der Waals surface area (Å²) >= 11 is 0. The number of hydrogen-bond acceptors (Lipinski definition) is 3. The van der Waals surface area contributed by atoms with Crippen molar-refractivity contribution in [2.45, 2.75) is 32.7 Å². The van der Waals surface area contributed by atoms with E-state index in [1.165, 1.54) is 37.9 Å². The van der Waals surface area contributed by atoms with Gasteiger partial charge in [-0.2, -0.15) is 0 Å². The predicted molar refractivity (Wildman–Crippen MR) is 84.2 cm³/mol. The number of ether oxygens (including phenoxy) is 1. The molecular weight excluding hydrogens is 248 g/mol. The second-order valence-corrected chi connectivity index (χ2v) is 5.79. The lowest BCUT2D eigenvalue weighted by atomic mass is 9.94. The van der Waals surface area contributed by atoms with Crippen molar-refractivity contribution in [1.29, 1.82) is 0 Å². The topological polar surface area (TPSA) is 24.5 Å². The van der Waals surface area contributed by atoms with Crippen molar-refractivity contribution < 1.29 is 4.74 Å². The minimum absolute atomic E-state index is 0.729. The Labute approximate surface area is 123 Å². The number of hydrogen-bond donors (Lipinski definition) is 1. The molecule has 1 heterocycles. The van der Waals surface area contributed by atoms with Crippen LogP contribution in [0.3, 0.4) is 0 Å². The summed E-state index contributed by atoms with van der Waals surface area (Å²) in [6.07, 6.45) is 4.02. The molecule has 1 saturated heterocycles. The zero-order valence-corrected chi connectivity index (χ0v) is 12.9. The molecule has 0 bridgehead atoms. The Morgan fingerprint density at radius 2 is 2.10 bits per heavy atom. The van der Waals surface area contributed by atoms with E-state index >= 15 is 0 Å². The van der Waals surface area contributed by atoms with Crippen LogP contribution in [0.1, 0.15) is 31.7 Å². The third-order valence-electron chi connectivity index (χ3n) is 4.11. The summed E-state index contributed by atoms with van der Waals surface area (Å²) in [5, 5.41) is 3.56. The highest BCUT2D eigenvalue weighted by molar-refractivity contribution is 5.28. The lowest BCUT2D eigenvalue weighted by Crippen LogP contribution is -2.31. The first-order valence-electron chi connectivity index (χ1n) is 7.89.